The Hall–Kier alpha value is -2.97. The molecule has 0 saturated carbocycles. The van der Waals surface area contributed by atoms with Gasteiger partial charge in [-0.3, -0.25) is 4.79 Å². The quantitative estimate of drug-likeness (QED) is 0.504. The molecule has 0 aliphatic heterocycles. The summed E-state index contributed by atoms with van der Waals surface area (Å²) in [5.41, 5.74) is 3.83. The molecule has 0 saturated heterocycles. The third-order valence-corrected chi connectivity index (χ3v) is 4.84. The summed E-state index contributed by atoms with van der Waals surface area (Å²) in [7, 11) is 0. The maximum atomic E-state index is 12.3. The van der Waals surface area contributed by atoms with Crippen molar-refractivity contribution in [1.82, 2.24) is 5.32 Å². The maximum Gasteiger partial charge on any atom is 0.263 e. The van der Waals surface area contributed by atoms with Crippen molar-refractivity contribution in [2.24, 2.45) is 0 Å². The van der Waals surface area contributed by atoms with Gasteiger partial charge in [-0.2, -0.15) is 5.26 Å². The zero-order valence-electron chi connectivity index (χ0n) is 16.4. The summed E-state index contributed by atoms with van der Waals surface area (Å²) < 4.78 is 0. The van der Waals surface area contributed by atoms with Gasteiger partial charge in [-0.1, -0.05) is 29.8 Å². The van der Waals surface area contributed by atoms with E-state index >= 15 is 0 Å². The van der Waals surface area contributed by atoms with Crippen LogP contribution in [-0.2, 0) is 11.3 Å². The van der Waals surface area contributed by atoms with Gasteiger partial charge in [0, 0.05) is 42.2 Å². The molecule has 6 heteroatoms. The number of nitrogens with zero attached hydrogens (tertiary/aromatic N) is 2. The van der Waals surface area contributed by atoms with Gasteiger partial charge in [0.05, 0.1) is 0 Å². The predicted molar refractivity (Wildman–Crippen MR) is 115 cm³/mol. The minimum atomic E-state index is -0.452. The fourth-order valence-corrected chi connectivity index (χ4v) is 3.01. The Morgan fingerprint density at radius 3 is 2.54 bits per heavy atom. The van der Waals surface area contributed by atoms with Crippen molar-refractivity contribution in [3.05, 3.63) is 70.4 Å². The lowest BCUT2D eigenvalue weighted by Gasteiger charge is -2.22. The van der Waals surface area contributed by atoms with Crippen LogP contribution in [0.3, 0.4) is 0 Å². The number of anilines is 2. The Bertz CT molecular complexity index is 898. The predicted octanol–water partition coefficient (Wildman–Crippen LogP) is 4.63. The van der Waals surface area contributed by atoms with Crippen molar-refractivity contribution in [2.45, 2.75) is 27.3 Å². The average molecular weight is 397 g/mol. The van der Waals surface area contributed by atoms with Crippen LogP contribution in [0.1, 0.15) is 25.0 Å². The lowest BCUT2D eigenvalue weighted by molar-refractivity contribution is -0.117. The zero-order chi connectivity index (χ0) is 20.5. The van der Waals surface area contributed by atoms with Crippen LogP contribution in [-0.4, -0.2) is 19.0 Å². The molecule has 1 amide bonds. The molecule has 2 rings (SSSR count). The summed E-state index contributed by atoms with van der Waals surface area (Å²) in [6.07, 6.45) is 1.43. The molecule has 0 aromatic heterocycles. The standard InChI is InChI=1S/C22H25ClN4O/c1-4-27(5-2)19-10-11-21(16(3)12-19)25-15-18(13-24)22(28)26-14-17-8-6-7-9-20(17)23/h6-12,15,25H,4-5,14H2,1-3H3,(H,26,28)/b18-15-. The van der Waals surface area contributed by atoms with Gasteiger partial charge in [-0.15, -0.1) is 0 Å². The van der Waals surface area contributed by atoms with Crippen molar-refractivity contribution in [3.8, 4) is 6.07 Å². The molecule has 0 fully saturated rings. The van der Waals surface area contributed by atoms with Gasteiger partial charge in [-0.05, 0) is 56.2 Å². The molecular formula is C22H25ClN4O. The van der Waals surface area contributed by atoms with E-state index < -0.39 is 5.91 Å². The number of aryl methyl sites for hydroxylation is 1. The van der Waals surface area contributed by atoms with Gasteiger partial charge in [0.25, 0.3) is 5.91 Å². The number of hydrogen-bond donors (Lipinski definition) is 2. The molecule has 2 aromatic rings. The van der Waals surface area contributed by atoms with Crippen LogP contribution >= 0.6 is 11.6 Å². The number of nitriles is 1. The van der Waals surface area contributed by atoms with E-state index in [2.05, 4.69) is 35.4 Å². The van der Waals surface area contributed by atoms with Crippen LogP contribution in [0.4, 0.5) is 11.4 Å². The first-order valence-electron chi connectivity index (χ1n) is 9.24. The number of nitrogens with one attached hydrogen (secondary N) is 2. The number of halogens is 1. The Labute approximate surface area is 171 Å². The molecule has 0 heterocycles. The van der Waals surface area contributed by atoms with Crippen molar-refractivity contribution >= 4 is 28.9 Å². The summed E-state index contributed by atoms with van der Waals surface area (Å²) in [6, 6.07) is 15.3. The molecule has 0 aliphatic rings. The number of hydrogen-bond acceptors (Lipinski definition) is 4. The maximum absolute atomic E-state index is 12.3. The van der Waals surface area contributed by atoms with Gasteiger partial charge >= 0.3 is 0 Å². The molecule has 0 radical (unpaired) electrons. The lowest BCUT2D eigenvalue weighted by atomic mass is 10.1. The Balaban J connectivity index is 2.05. The van der Waals surface area contributed by atoms with E-state index in [1.807, 2.05) is 43.3 Å². The summed E-state index contributed by atoms with van der Waals surface area (Å²) in [5, 5.41) is 15.7. The highest BCUT2D eigenvalue weighted by atomic mass is 35.5. The first kappa shape index (κ1) is 21.3. The molecule has 2 N–H and O–H groups in total. The highest BCUT2D eigenvalue weighted by Gasteiger charge is 2.10. The molecule has 5 nitrogen and oxygen atoms in total. The highest BCUT2D eigenvalue weighted by Crippen LogP contribution is 2.23. The largest absolute Gasteiger partial charge is 0.372 e. The second-order valence-electron chi connectivity index (χ2n) is 6.26. The minimum Gasteiger partial charge on any atom is -0.372 e. The second kappa shape index (κ2) is 10.4. The molecular weight excluding hydrogens is 372 g/mol. The molecule has 0 spiro atoms. The van der Waals surface area contributed by atoms with E-state index in [0.717, 1.165) is 35.6 Å². The number of amides is 1. The molecule has 0 unspecified atom stereocenters. The Kier molecular flexibility index (Phi) is 7.91. The SMILES string of the molecule is CCN(CC)c1ccc(N/C=C(/C#N)C(=O)NCc2ccccc2Cl)c(C)c1. The fourth-order valence-electron chi connectivity index (χ4n) is 2.81. The van der Waals surface area contributed by atoms with Gasteiger partial charge in [0.15, 0.2) is 0 Å². The van der Waals surface area contributed by atoms with Crippen molar-refractivity contribution in [1.29, 1.82) is 5.26 Å². The van der Waals surface area contributed by atoms with Crippen molar-refractivity contribution in [2.75, 3.05) is 23.3 Å². The smallest absolute Gasteiger partial charge is 0.263 e. The van der Waals surface area contributed by atoms with Crippen LogP contribution in [0.15, 0.2) is 54.2 Å². The number of carbonyl (C=O) groups excluding carboxylic acids is 1. The molecule has 28 heavy (non-hydrogen) atoms. The molecule has 0 atom stereocenters. The number of rotatable bonds is 8. The lowest BCUT2D eigenvalue weighted by Crippen LogP contribution is -2.24. The third-order valence-electron chi connectivity index (χ3n) is 4.47. The number of carbonyl (C=O) groups is 1. The molecule has 0 aliphatic carbocycles. The molecule has 2 aromatic carbocycles. The van der Waals surface area contributed by atoms with Crippen LogP contribution in [0, 0.1) is 18.3 Å². The molecule has 0 bridgehead atoms. The topological polar surface area (TPSA) is 68.2 Å². The van der Waals surface area contributed by atoms with Crippen LogP contribution < -0.4 is 15.5 Å². The fraction of sp³-hybridized carbons (Fsp3) is 0.273. The van der Waals surface area contributed by atoms with E-state index in [1.54, 1.807) is 6.07 Å². The van der Waals surface area contributed by atoms with Crippen LogP contribution in [0.25, 0.3) is 0 Å². The van der Waals surface area contributed by atoms with Crippen LogP contribution in [0.2, 0.25) is 5.02 Å². The summed E-state index contributed by atoms with van der Waals surface area (Å²) >= 11 is 6.09. The average Bonchev–Trinajstić information content (AvgIpc) is 2.70. The minimum absolute atomic E-state index is 0.000673. The van der Waals surface area contributed by atoms with E-state index in [9.17, 15) is 10.1 Å². The Morgan fingerprint density at radius 1 is 1.21 bits per heavy atom. The normalized spacial score (nSPS) is 10.9. The first-order valence-corrected chi connectivity index (χ1v) is 9.61. The molecule has 146 valence electrons. The van der Waals surface area contributed by atoms with Gasteiger partial charge in [-0.25, -0.2) is 0 Å². The van der Waals surface area contributed by atoms with Crippen LogP contribution in [0.5, 0.6) is 0 Å². The number of benzene rings is 2. The monoisotopic (exact) mass is 396 g/mol. The van der Waals surface area contributed by atoms with E-state index in [-0.39, 0.29) is 12.1 Å². The van der Waals surface area contributed by atoms with E-state index in [4.69, 9.17) is 11.6 Å². The van der Waals surface area contributed by atoms with Gasteiger partial charge < -0.3 is 15.5 Å². The van der Waals surface area contributed by atoms with E-state index in [0.29, 0.717) is 5.02 Å². The van der Waals surface area contributed by atoms with Gasteiger partial charge in [0.2, 0.25) is 0 Å². The summed E-state index contributed by atoms with van der Waals surface area (Å²) in [5.74, 6) is -0.452. The third kappa shape index (κ3) is 5.51. The summed E-state index contributed by atoms with van der Waals surface area (Å²) in [4.78, 5) is 14.6. The second-order valence-corrected chi connectivity index (χ2v) is 6.67. The van der Waals surface area contributed by atoms with E-state index in [1.165, 1.54) is 6.20 Å². The zero-order valence-corrected chi connectivity index (χ0v) is 17.2. The van der Waals surface area contributed by atoms with Crippen molar-refractivity contribution < 1.29 is 4.79 Å². The first-order chi connectivity index (χ1) is 13.5. The highest BCUT2D eigenvalue weighted by molar-refractivity contribution is 6.31. The Morgan fingerprint density at radius 2 is 1.93 bits per heavy atom. The van der Waals surface area contributed by atoms with Crippen molar-refractivity contribution in [3.63, 3.8) is 0 Å². The summed E-state index contributed by atoms with van der Waals surface area (Å²) in [6.45, 7) is 8.36. The van der Waals surface area contributed by atoms with Gasteiger partial charge in [0.1, 0.15) is 11.6 Å².